The van der Waals surface area contributed by atoms with E-state index in [2.05, 4.69) is 62.2 Å². The number of hydrogen-bond acceptors (Lipinski definition) is 0. The molecule has 2 atom stereocenters. The van der Waals surface area contributed by atoms with Crippen LogP contribution in [0.4, 0.5) is 0 Å². The first-order valence-electron chi connectivity index (χ1n) is 4.58. The minimum Gasteiger partial charge on any atom is -0.0721 e. The third kappa shape index (κ3) is 1.08. The van der Waals surface area contributed by atoms with Gasteiger partial charge in [-0.1, -0.05) is 62.2 Å². The van der Waals surface area contributed by atoms with Crippen molar-refractivity contribution < 1.29 is 0 Å². The van der Waals surface area contributed by atoms with Crippen LogP contribution in [0.25, 0.3) is 0 Å². The minimum absolute atomic E-state index is 0.257. The monoisotopic (exact) mass is 300 g/mol. The second-order valence-corrected chi connectivity index (χ2v) is 7.98. The van der Waals surface area contributed by atoms with Crippen molar-refractivity contribution in [2.45, 2.75) is 22.0 Å². The summed E-state index contributed by atoms with van der Waals surface area (Å²) in [7, 11) is 0. The van der Waals surface area contributed by atoms with Crippen molar-refractivity contribution in [2.24, 2.45) is 5.41 Å². The van der Waals surface area contributed by atoms with Gasteiger partial charge in [-0.2, -0.15) is 0 Å². The maximum atomic E-state index is 3.72. The Balaban J connectivity index is 1.86. The molecule has 0 N–H and O–H groups in total. The van der Waals surface area contributed by atoms with E-state index in [0.717, 1.165) is 5.92 Å². The molecule has 1 spiro atoms. The van der Waals surface area contributed by atoms with Crippen LogP contribution in [0.3, 0.4) is 0 Å². The van der Waals surface area contributed by atoms with Crippen molar-refractivity contribution in [2.75, 3.05) is 0 Å². The molecule has 2 aliphatic rings. The van der Waals surface area contributed by atoms with E-state index in [-0.39, 0.29) is 3.23 Å². The molecule has 0 amide bonds. The van der Waals surface area contributed by atoms with E-state index in [1.807, 2.05) is 0 Å². The van der Waals surface area contributed by atoms with E-state index in [4.69, 9.17) is 0 Å². The Kier molecular flexibility index (Phi) is 1.57. The lowest BCUT2D eigenvalue weighted by atomic mass is 10.1. The van der Waals surface area contributed by atoms with Crippen molar-refractivity contribution >= 4 is 31.9 Å². The zero-order chi connectivity index (χ0) is 9.10. The Morgan fingerprint density at radius 3 is 2.23 bits per heavy atom. The molecule has 2 saturated carbocycles. The lowest BCUT2D eigenvalue weighted by molar-refractivity contribution is 0.838. The molecular weight excluding hydrogens is 292 g/mol. The van der Waals surface area contributed by atoms with Gasteiger partial charge in [-0.3, -0.25) is 0 Å². The van der Waals surface area contributed by atoms with Crippen molar-refractivity contribution in [3.05, 3.63) is 35.9 Å². The first-order valence-corrected chi connectivity index (χ1v) is 6.17. The third-order valence-electron chi connectivity index (χ3n) is 3.42. The van der Waals surface area contributed by atoms with E-state index < -0.39 is 0 Å². The van der Waals surface area contributed by atoms with E-state index in [9.17, 15) is 0 Å². The number of benzene rings is 1. The van der Waals surface area contributed by atoms with E-state index >= 15 is 0 Å². The van der Waals surface area contributed by atoms with Crippen molar-refractivity contribution in [3.8, 4) is 0 Å². The summed E-state index contributed by atoms with van der Waals surface area (Å²) in [4.78, 5) is 0. The second-order valence-electron chi connectivity index (χ2n) is 4.20. The summed E-state index contributed by atoms with van der Waals surface area (Å²) in [5.74, 6) is 0.785. The average Bonchev–Trinajstić information content (AvgIpc) is 2.93. The van der Waals surface area contributed by atoms with Crippen LogP contribution in [0.1, 0.15) is 24.3 Å². The molecule has 0 heterocycles. The molecule has 2 heteroatoms. The van der Waals surface area contributed by atoms with Gasteiger partial charge in [-0.25, -0.2) is 0 Å². The van der Waals surface area contributed by atoms with E-state index in [1.165, 1.54) is 18.4 Å². The molecule has 3 rings (SSSR count). The van der Waals surface area contributed by atoms with Crippen LogP contribution in [-0.4, -0.2) is 3.23 Å². The van der Waals surface area contributed by atoms with E-state index in [1.54, 1.807) is 0 Å². The fourth-order valence-corrected chi connectivity index (χ4v) is 4.26. The van der Waals surface area contributed by atoms with Crippen LogP contribution < -0.4 is 0 Å². The highest BCUT2D eigenvalue weighted by Gasteiger charge is 2.78. The second kappa shape index (κ2) is 2.40. The van der Waals surface area contributed by atoms with Gasteiger partial charge in [0, 0.05) is 5.41 Å². The Morgan fingerprint density at radius 1 is 1.15 bits per heavy atom. The summed E-state index contributed by atoms with van der Waals surface area (Å²) >= 11 is 7.45. The lowest BCUT2D eigenvalue weighted by Gasteiger charge is -1.99. The van der Waals surface area contributed by atoms with Gasteiger partial charge in [-0.15, -0.1) is 0 Å². The highest BCUT2D eigenvalue weighted by molar-refractivity contribution is 9.25. The highest BCUT2D eigenvalue weighted by Crippen LogP contribution is 2.85. The highest BCUT2D eigenvalue weighted by atomic mass is 79.9. The SMILES string of the molecule is BrC1(Br)C[C@]12C[C@H]2c1ccccc1. The molecule has 1 aromatic rings. The van der Waals surface area contributed by atoms with Gasteiger partial charge in [0.25, 0.3) is 0 Å². The summed E-state index contributed by atoms with van der Waals surface area (Å²) in [6.45, 7) is 0. The topological polar surface area (TPSA) is 0 Å². The Labute approximate surface area is 95.0 Å². The van der Waals surface area contributed by atoms with Crippen LogP contribution >= 0.6 is 31.9 Å². The largest absolute Gasteiger partial charge is 0.0874 e. The quantitative estimate of drug-likeness (QED) is 0.687. The molecule has 0 unspecified atom stereocenters. The predicted octanol–water partition coefficient (Wildman–Crippen LogP) is 4.05. The molecule has 0 aromatic heterocycles. The maximum absolute atomic E-state index is 3.72. The van der Waals surface area contributed by atoms with Crippen LogP contribution in [-0.2, 0) is 0 Å². The van der Waals surface area contributed by atoms with Crippen molar-refractivity contribution in [3.63, 3.8) is 0 Å². The average molecular weight is 302 g/mol. The first-order chi connectivity index (χ1) is 6.16. The van der Waals surface area contributed by atoms with Gasteiger partial charge in [0.1, 0.15) is 0 Å². The molecule has 0 nitrogen and oxygen atoms in total. The van der Waals surface area contributed by atoms with Gasteiger partial charge >= 0.3 is 0 Å². The van der Waals surface area contributed by atoms with Crippen LogP contribution in [0.2, 0.25) is 0 Å². The minimum atomic E-state index is 0.257. The molecule has 2 aliphatic carbocycles. The van der Waals surface area contributed by atoms with E-state index in [0.29, 0.717) is 5.41 Å². The molecule has 0 aliphatic heterocycles. The van der Waals surface area contributed by atoms with Gasteiger partial charge in [0.05, 0.1) is 3.23 Å². The van der Waals surface area contributed by atoms with Gasteiger partial charge in [0.15, 0.2) is 0 Å². The molecule has 0 saturated heterocycles. The lowest BCUT2D eigenvalue weighted by Crippen LogP contribution is -1.90. The summed E-state index contributed by atoms with van der Waals surface area (Å²) in [5, 5.41) is 0. The van der Waals surface area contributed by atoms with Crippen molar-refractivity contribution in [1.29, 1.82) is 0 Å². The van der Waals surface area contributed by atoms with Gasteiger partial charge < -0.3 is 0 Å². The molecule has 2 fully saturated rings. The van der Waals surface area contributed by atoms with Crippen LogP contribution in [0, 0.1) is 5.41 Å². The number of alkyl halides is 2. The molecule has 0 bridgehead atoms. The first kappa shape index (κ1) is 8.49. The van der Waals surface area contributed by atoms with Gasteiger partial charge in [0.2, 0.25) is 0 Å². The third-order valence-corrected chi connectivity index (χ3v) is 5.56. The molecule has 0 radical (unpaired) electrons. The zero-order valence-electron chi connectivity index (χ0n) is 7.13. The smallest absolute Gasteiger partial charge is 0.0721 e. The summed E-state index contributed by atoms with van der Waals surface area (Å²) in [6, 6.07) is 10.8. The molecule has 13 heavy (non-hydrogen) atoms. The zero-order valence-corrected chi connectivity index (χ0v) is 10.3. The molecular formula is C11H10Br2. The van der Waals surface area contributed by atoms with Gasteiger partial charge in [-0.05, 0) is 24.3 Å². The Hall–Kier alpha value is 0.180. The Bertz CT molecular complexity index is 344. The summed E-state index contributed by atoms with van der Waals surface area (Å²) < 4.78 is 0.257. The van der Waals surface area contributed by atoms with Crippen LogP contribution in [0.5, 0.6) is 0 Å². The van der Waals surface area contributed by atoms with Crippen LogP contribution in [0.15, 0.2) is 30.3 Å². The molecule has 68 valence electrons. The fourth-order valence-electron chi connectivity index (χ4n) is 2.38. The maximum Gasteiger partial charge on any atom is 0.0874 e. The fraction of sp³-hybridized carbons (Fsp3) is 0.455. The standard InChI is InChI=1S/C11H10Br2/c12-11(13)7-10(11)6-9(10)8-4-2-1-3-5-8/h1-5,9H,6-7H2/t9-,10-/m0/s1. The summed E-state index contributed by atoms with van der Waals surface area (Å²) in [5.41, 5.74) is 2.05. The van der Waals surface area contributed by atoms with Crippen molar-refractivity contribution in [1.82, 2.24) is 0 Å². The molecule has 1 aromatic carbocycles. The Morgan fingerprint density at radius 2 is 1.77 bits per heavy atom. The number of halogens is 2. The summed E-state index contributed by atoms with van der Waals surface area (Å²) in [6.07, 6.45) is 2.62. The predicted molar refractivity (Wildman–Crippen MR) is 61.4 cm³/mol. The normalized spacial score (nSPS) is 39.1. The number of rotatable bonds is 1. The number of hydrogen-bond donors (Lipinski definition) is 0.